The van der Waals surface area contributed by atoms with E-state index in [1.54, 1.807) is 0 Å². The van der Waals surface area contributed by atoms with Gasteiger partial charge in [0.25, 0.3) is 0 Å². The Hall–Kier alpha value is 0.270. The van der Waals surface area contributed by atoms with Gasteiger partial charge in [-0.15, -0.1) is 0 Å². The maximum Gasteiger partial charge on any atom is 0.0700 e. The average Bonchev–Trinajstić information content (AvgIpc) is 2.42. The molecule has 0 aromatic heterocycles. The van der Waals surface area contributed by atoms with Crippen LogP contribution in [-0.2, 0) is 4.74 Å². The average molecular weight is 283 g/mol. The molecule has 3 heteroatoms. The number of rotatable bonds is 2. The van der Waals surface area contributed by atoms with E-state index in [2.05, 4.69) is 24.0 Å². The molecule has 0 aliphatic carbocycles. The van der Waals surface area contributed by atoms with E-state index in [0.29, 0.717) is 0 Å². The maximum absolute atomic E-state index is 6.21. The third kappa shape index (κ3) is 3.68. The van der Waals surface area contributed by atoms with Gasteiger partial charge in [0.15, 0.2) is 0 Å². The molecule has 0 aromatic rings. The number of ether oxygens (including phenoxy) is 1. The lowest BCUT2D eigenvalue weighted by Gasteiger charge is -2.44. The van der Waals surface area contributed by atoms with Crippen molar-refractivity contribution in [3.05, 3.63) is 0 Å². The Labute approximate surface area is 122 Å². The molecule has 0 amide bonds. The molecule has 3 saturated heterocycles. The molecule has 19 heavy (non-hydrogen) atoms. The normalized spacial score (nSPS) is 39.3. The van der Waals surface area contributed by atoms with Gasteiger partial charge in [-0.3, -0.25) is 0 Å². The van der Waals surface area contributed by atoms with E-state index in [4.69, 9.17) is 4.74 Å². The smallest absolute Gasteiger partial charge is 0.0700 e. The van der Waals surface area contributed by atoms with Crippen LogP contribution in [-0.4, -0.2) is 36.3 Å². The lowest BCUT2D eigenvalue weighted by atomic mass is 9.76. The first-order valence-corrected chi connectivity index (χ1v) is 9.36. The van der Waals surface area contributed by atoms with Gasteiger partial charge < -0.3 is 10.1 Å². The second-order valence-corrected chi connectivity index (χ2v) is 8.22. The minimum atomic E-state index is 0.281. The van der Waals surface area contributed by atoms with Crippen molar-refractivity contribution in [2.24, 2.45) is 11.8 Å². The molecular formula is C16H29NOS. The van der Waals surface area contributed by atoms with Crippen molar-refractivity contribution >= 4 is 11.8 Å². The van der Waals surface area contributed by atoms with Gasteiger partial charge >= 0.3 is 0 Å². The highest BCUT2D eigenvalue weighted by molar-refractivity contribution is 7.99. The van der Waals surface area contributed by atoms with Crippen LogP contribution in [0.3, 0.4) is 0 Å². The number of nitrogens with one attached hydrogen (secondary N) is 1. The number of hydrogen-bond donors (Lipinski definition) is 1. The Morgan fingerprint density at radius 3 is 2.74 bits per heavy atom. The van der Waals surface area contributed by atoms with E-state index in [-0.39, 0.29) is 5.60 Å². The van der Waals surface area contributed by atoms with Gasteiger partial charge in [0.05, 0.1) is 5.60 Å². The van der Waals surface area contributed by atoms with Gasteiger partial charge in [-0.25, -0.2) is 0 Å². The van der Waals surface area contributed by atoms with Crippen molar-refractivity contribution in [3.63, 3.8) is 0 Å². The second kappa shape index (κ2) is 6.36. The first kappa shape index (κ1) is 14.2. The zero-order valence-corrected chi connectivity index (χ0v) is 13.1. The summed E-state index contributed by atoms with van der Waals surface area (Å²) >= 11 is 2.11. The standard InChI is InChI=1S/C16H29NOS/c1-13-2-3-15(12-17-13)10-14-4-7-18-16(11-14)5-8-19-9-6-16/h13-15,17H,2-12H2,1H3. The van der Waals surface area contributed by atoms with Gasteiger partial charge in [0.1, 0.15) is 0 Å². The summed E-state index contributed by atoms with van der Waals surface area (Å²) in [5.41, 5.74) is 0.281. The Kier molecular flexibility index (Phi) is 4.76. The molecule has 3 aliphatic rings. The van der Waals surface area contributed by atoms with E-state index in [9.17, 15) is 0 Å². The minimum Gasteiger partial charge on any atom is -0.375 e. The van der Waals surface area contributed by atoms with Crippen LogP contribution in [0.15, 0.2) is 0 Å². The molecule has 0 radical (unpaired) electrons. The molecule has 3 aliphatic heterocycles. The molecule has 1 spiro atoms. The van der Waals surface area contributed by atoms with Crippen LogP contribution in [0.25, 0.3) is 0 Å². The fourth-order valence-electron chi connectivity index (χ4n) is 4.15. The third-order valence-electron chi connectivity index (χ3n) is 5.43. The van der Waals surface area contributed by atoms with Gasteiger partial charge in [0.2, 0.25) is 0 Å². The van der Waals surface area contributed by atoms with Crippen LogP contribution in [0.2, 0.25) is 0 Å². The lowest BCUT2D eigenvalue weighted by molar-refractivity contribution is -0.105. The predicted molar refractivity (Wildman–Crippen MR) is 82.8 cm³/mol. The predicted octanol–water partition coefficient (Wildman–Crippen LogP) is 3.46. The highest BCUT2D eigenvalue weighted by atomic mass is 32.2. The summed E-state index contributed by atoms with van der Waals surface area (Å²) in [4.78, 5) is 0. The molecule has 1 N–H and O–H groups in total. The Bertz CT molecular complexity index is 277. The molecule has 3 heterocycles. The first-order valence-electron chi connectivity index (χ1n) is 8.21. The van der Waals surface area contributed by atoms with Crippen LogP contribution in [0.5, 0.6) is 0 Å². The fraction of sp³-hybridized carbons (Fsp3) is 1.00. The maximum atomic E-state index is 6.21. The summed E-state index contributed by atoms with van der Waals surface area (Å²) in [6.07, 6.45) is 9.50. The molecule has 2 nitrogen and oxygen atoms in total. The van der Waals surface area contributed by atoms with E-state index >= 15 is 0 Å². The van der Waals surface area contributed by atoms with E-state index in [1.807, 2.05) is 0 Å². The third-order valence-corrected chi connectivity index (χ3v) is 6.41. The van der Waals surface area contributed by atoms with Crippen molar-refractivity contribution in [2.75, 3.05) is 24.7 Å². The van der Waals surface area contributed by atoms with E-state index in [1.165, 1.54) is 63.0 Å². The molecule has 3 fully saturated rings. The largest absolute Gasteiger partial charge is 0.375 e. The van der Waals surface area contributed by atoms with E-state index < -0.39 is 0 Å². The summed E-state index contributed by atoms with van der Waals surface area (Å²) < 4.78 is 6.21. The number of piperidine rings is 1. The van der Waals surface area contributed by atoms with Crippen molar-refractivity contribution in [2.45, 2.75) is 63.5 Å². The summed E-state index contributed by atoms with van der Waals surface area (Å²) in [5, 5.41) is 3.66. The van der Waals surface area contributed by atoms with Gasteiger partial charge in [-0.2, -0.15) is 11.8 Å². The fourth-order valence-corrected chi connectivity index (χ4v) is 5.39. The highest BCUT2D eigenvalue weighted by Gasteiger charge is 2.39. The topological polar surface area (TPSA) is 21.3 Å². The molecule has 3 atom stereocenters. The Balaban J connectivity index is 1.50. The second-order valence-electron chi connectivity index (χ2n) is 6.99. The molecular weight excluding hydrogens is 254 g/mol. The monoisotopic (exact) mass is 283 g/mol. The first-order chi connectivity index (χ1) is 9.26. The van der Waals surface area contributed by atoms with Crippen LogP contribution >= 0.6 is 11.8 Å². The summed E-state index contributed by atoms with van der Waals surface area (Å²) in [5.74, 6) is 4.48. The molecule has 3 unspecified atom stereocenters. The zero-order valence-electron chi connectivity index (χ0n) is 12.3. The molecule has 110 valence electrons. The molecule has 0 bridgehead atoms. The van der Waals surface area contributed by atoms with Crippen LogP contribution in [0, 0.1) is 11.8 Å². The van der Waals surface area contributed by atoms with Crippen LogP contribution in [0.4, 0.5) is 0 Å². The van der Waals surface area contributed by atoms with Crippen molar-refractivity contribution in [1.82, 2.24) is 5.32 Å². The summed E-state index contributed by atoms with van der Waals surface area (Å²) in [6, 6.07) is 0.743. The lowest BCUT2D eigenvalue weighted by Crippen LogP contribution is -2.44. The number of hydrogen-bond acceptors (Lipinski definition) is 3. The number of thioether (sulfide) groups is 1. The zero-order chi connectivity index (χ0) is 13.1. The highest BCUT2D eigenvalue weighted by Crippen LogP contribution is 2.42. The van der Waals surface area contributed by atoms with Crippen LogP contribution in [0.1, 0.15) is 51.9 Å². The van der Waals surface area contributed by atoms with Gasteiger partial charge in [-0.05, 0) is 81.8 Å². The van der Waals surface area contributed by atoms with Crippen molar-refractivity contribution < 1.29 is 4.74 Å². The SMILES string of the molecule is CC1CCC(CC2CCOC3(CCSCC3)C2)CN1. The molecule has 3 rings (SSSR count). The Morgan fingerprint density at radius 2 is 2.00 bits per heavy atom. The molecule has 0 saturated carbocycles. The molecule has 0 aromatic carbocycles. The van der Waals surface area contributed by atoms with Crippen molar-refractivity contribution in [1.29, 1.82) is 0 Å². The quantitative estimate of drug-likeness (QED) is 0.838. The van der Waals surface area contributed by atoms with Crippen LogP contribution < -0.4 is 5.32 Å². The van der Waals surface area contributed by atoms with Gasteiger partial charge in [0, 0.05) is 12.6 Å². The van der Waals surface area contributed by atoms with Crippen molar-refractivity contribution in [3.8, 4) is 0 Å². The van der Waals surface area contributed by atoms with E-state index in [0.717, 1.165) is 24.5 Å². The van der Waals surface area contributed by atoms with Gasteiger partial charge in [-0.1, -0.05) is 0 Å². The minimum absolute atomic E-state index is 0.281. The summed E-state index contributed by atoms with van der Waals surface area (Å²) in [6.45, 7) is 4.59. The Morgan fingerprint density at radius 1 is 1.16 bits per heavy atom. The summed E-state index contributed by atoms with van der Waals surface area (Å²) in [7, 11) is 0.